The highest BCUT2D eigenvalue weighted by atomic mass is 19.4. The van der Waals surface area contributed by atoms with Gasteiger partial charge in [-0.25, -0.2) is 0 Å². The van der Waals surface area contributed by atoms with Crippen molar-refractivity contribution >= 4 is 5.91 Å². The average Bonchev–Trinajstić information content (AvgIpc) is 3.01. The van der Waals surface area contributed by atoms with Gasteiger partial charge in [0.15, 0.2) is 5.69 Å². The number of carbonyl (C=O) groups excluding carboxylic acids is 1. The Morgan fingerprint density at radius 1 is 1.43 bits per heavy atom. The summed E-state index contributed by atoms with van der Waals surface area (Å²) in [6.07, 6.45) is -1.22. The molecule has 2 heterocycles. The Labute approximate surface area is 118 Å². The summed E-state index contributed by atoms with van der Waals surface area (Å²) in [7, 11) is 1.29. The van der Waals surface area contributed by atoms with Crippen LogP contribution < -0.4 is 5.32 Å². The summed E-state index contributed by atoms with van der Waals surface area (Å²) in [5.74, 6) is -0.621. The first kappa shape index (κ1) is 15.1. The fourth-order valence-corrected chi connectivity index (χ4v) is 1.76. The van der Waals surface area contributed by atoms with E-state index in [0.717, 1.165) is 16.3 Å². The van der Waals surface area contributed by atoms with E-state index in [0.29, 0.717) is 6.54 Å². The van der Waals surface area contributed by atoms with Crippen LogP contribution in [0, 0.1) is 0 Å². The highest BCUT2D eigenvalue weighted by Gasteiger charge is 2.35. The minimum atomic E-state index is -4.57. The highest BCUT2D eigenvalue weighted by molar-refractivity contribution is 5.92. The van der Waals surface area contributed by atoms with Crippen LogP contribution in [-0.2, 0) is 26.3 Å². The van der Waals surface area contributed by atoms with Crippen molar-refractivity contribution in [3.05, 3.63) is 35.4 Å². The molecule has 0 saturated carbocycles. The van der Waals surface area contributed by atoms with Crippen LogP contribution >= 0.6 is 0 Å². The van der Waals surface area contributed by atoms with E-state index in [1.165, 1.54) is 7.05 Å². The monoisotopic (exact) mass is 301 g/mol. The van der Waals surface area contributed by atoms with Crippen LogP contribution in [0.15, 0.2) is 18.5 Å². The fraction of sp³-hybridized carbons (Fsp3) is 0.417. The molecule has 0 bridgehead atoms. The van der Waals surface area contributed by atoms with Crippen LogP contribution in [0.3, 0.4) is 0 Å². The third kappa shape index (κ3) is 3.41. The first-order valence-electron chi connectivity index (χ1n) is 6.22. The Bertz CT molecular complexity index is 644. The van der Waals surface area contributed by atoms with Gasteiger partial charge in [0.05, 0.1) is 6.20 Å². The molecule has 0 fully saturated rings. The Kier molecular flexibility index (Phi) is 4.01. The van der Waals surface area contributed by atoms with E-state index in [-0.39, 0.29) is 12.2 Å². The molecule has 21 heavy (non-hydrogen) atoms. The highest BCUT2D eigenvalue weighted by Crippen LogP contribution is 2.28. The number of aryl methyl sites for hydroxylation is 2. The van der Waals surface area contributed by atoms with Gasteiger partial charge in [-0.2, -0.15) is 23.4 Å². The molecule has 0 atom stereocenters. The molecule has 114 valence electrons. The van der Waals surface area contributed by atoms with Crippen molar-refractivity contribution in [1.29, 1.82) is 0 Å². The summed E-state index contributed by atoms with van der Waals surface area (Å²) >= 11 is 0. The van der Waals surface area contributed by atoms with E-state index >= 15 is 0 Å². The maximum absolute atomic E-state index is 12.5. The fourth-order valence-electron chi connectivity index (χ4n) is 1.76. The van der Waals surface area contributed by atoms with Gasteiger partial charge in [0.1, 0.15) is 5.69 Å². The molecule has 0 aliphatic heterocycles. The summed E-state index contributed by atoms with van der Waals surface area (Å²) in [4.78, 5) is 11.9. The summed E-state index contributed by atoms with van der Waals surface area (Å²) in [6.45, 7) is 2.81. The first-order valence-corrected chi connectivity index (χ1v) is 6.22. The number of hydrogen-bond acceptors (Lipinski definition) is 3. The van der Waals surface area contributed by atoms with Crippen LogP contribution in [0.2, 0.25) is 0 Å². The van der Waals surface area contributed by atoms with Gasteiger partial charge in [0.2, 0.25) is 0 Å². The number of nitrogens with one attached hydrogen (secondary N) is 1. The number of hydrogen-bond donors (Lipinski definition) is 1. The molecule has 6 nitrogen and oxygen atoms in total. The van der Waals surface area contributed by atoms with Crippen molar-refractivity contribution < 1.29 is 18.0 Å². The molecule has 2 aromatic rings. The number of alkyl halides is 3. The molecule has 1 N–H and O–H groups in total. The van der Waals surface area contributed by atoms with Gasteiger partial charge in [-0.15, -0.1) is 0 Å². The standard InChI is InChI=1S/C12H14F3N5O/c1-3-20-7-8(6-17-20)5-16-11(21)9-4-10(12(13,14)15)18-19(9)2/h4,6-7H,3,5H2,1-2H3,(H,16,21). The molecule has 0 aliphatic rings. The second kappa shape index (κ2) is 5.58. The Morgan fingerprint density at radius 3 is 2.67 bits per heavy atom. The van der Waals surface area contributed by atoms with Gasteiger partial charge in [-0.05, 0) is 6.92 Å². The third-order valence-electron chi connectivity index (χ3n) is 2.87. The minimum Gasteiger partial charge on any atom is -0.347 e. The van der Waals surface area contributed by atoms with Crippen LogP contribution in [0.5, 0.6) is 0 Å². The second-order valence-electron chi connectivity index (χ2n) is 4.42. The predicted molar refractivity (Wildman–Crippen MR) is 67.3 cm³/mol. The van der Waals surface area contributed by atoms with Gasteiger partial charge in [-0.3, -0.25) is 14.2 Å². The zero-order valence-corrected chi connectivity index (χ0v) is 11.5. The lowest BCUT2D eigenvalue weighted by atomic mass is 10.3. The molecule has 1 amide bonds. The second-order valence-corrected chi connectivity index (χ2v) is 4.42. The molecule has 2 aromatic heterocycles. The molecule has 0 radical (unpaired) electrons. The van der Waals surface area contributed by atoms with Crippen LogP contribution in [0.25, 0.3) is 0 Å². The predicted octanol–water partition coefficient (Wildman–Crippen LogP) is 1.59. The molecule has 2 rings (SSSR count). The van der Waals surface area contributed by atoms with Crippen molar-refractivity contribution in [1.82, 2.24) is 24.9 Å². The molecule has 0 aliphatic carbocycles. The van der Waals surface area contributed by atoms with Gasteiger partial charge >= 0.3 is 6.18 Å². The number of carbonyl (C=O) groups is 1. The third-order valence-corrected chi connectivity index (χ3v) is 2.87. The van der Waals surface area contributed by atoms with Crippen molar-refractivity contribution in [3.63, 3.8) is 0 Å². The molecular formula is C12H14F3N5O. The number of rotatable bonds is 4. The van der Waals surface area contributed by atoms with Gasteiger partial charge in [-0.1, -0.05) is 0 Å². The Hall–Kier alpha value is -2.32. The summed E-state index contributed by atoms with van der Waals surface area (Å²) in [5, 5.41) is 9.87. The van der Waals surface area contributed by atoms with E-state index in [9.17, 15) is 18.0 Å². The number of amides is 1. The Balaban J connectivity index is 2.05. The zero-order chi connectivity index (χ0) is 15.6. The van der Waals surface area contributed by atoms with Crippen LogP contribution in [0.1, 0.15) is 28.7 Å². The van der Waals surface area contributed by atoms with E-state index in [1.54, 1.807) is 17.1 Å². The quantitative estimate of drug-likeness (QED) is 0.932. The molecule has 9 heteroatoms. The summed E-state index contributed by atoms with van der Waals surface area (Å²) < 4.78 is 40.2. The summed E-state index contributed by atoms with van der Waals surface area (Å²) in [6, 6.07) is 0.727. The lowest BCUT2D eigenvalue weighted by Crippen LogP contribution is -2.24. The lowest BCUT2D eigenvalue weighted by Gasteiger charge is -2.03. The van der Waals surface area contributed by atoms with E-state index in [2.05, 4.69) is 15.5 Å². The molecule has 0 saturated heterocycles. The van der Waals surface area contributed by atoms with E-state index in [4.69, 9.17) is 0 Å². The number of halogens is 3. The topological polar surface area (TPSA) is 64.7 Å². The maximum Gasteiger partial charge on any atom is 0.435 e. The largest absolute Gasteiger partial charge is 0.435 e. The molecule has 0 spiro atoms. The van der Waals surface area contributed by atoms with Crippen LogP contribution in [-0.4, -0.2) is 25.5 Å². The number of nitrogens with zero attached hydrogens (tertiary/aromatic N) is 4. The molecule has 0 unspecified atom stereocenters. The minimum absolute atomic E-state index is 0.148. The van der Waals surface area contributed by atoms with Crippen LogP contribution in [0.4, 0.5) is 13.2 Å². The smallest absolute Gasteiger partial charge is 0.347 e. The molecule has 0 aromatic carbocycles. The van der Waals surface area contributed by atoms with Gasteiger partial charge in [0, 0.05) is 38.0 Å². The van der Waals surface area contributed by atoms with Crippen molar-refractivity contribution in [2.24, 2.45) is 7.05 Å². The van der Waals surface area contributed by atoms with Crippen molar-refractivity contribution in [3.8, 4) is 0 Å². The molecular weight excluding hydrogens is 287 g/mol. The van der Waals surface area contributed by atoms with Crippen molar-refractivity contribution in [2.75, 3.05) is 0 Å². The maximum atomic E-state index is 12.5. The van der Waals surface area contributed by atoms with Gasteiger partial charge in [0.25, 0.3) is 5.91 Å². The van der Waals surface area contributed by atoms with E-state index < -0.39 is 17.8 Å². The average molecular weight is 301 g/mol. The lowest BCUT2D eigenvalue weighted by molar-refractivity contribution is -0.141. The number of aromatic nitrogens is 4. The SMILES string of the molecule is CCn1cc(CNC(=O)c2cc(C(F)(F)F)nn2C)cn1. The Morgan fingerprint density at radius 2 is 2.14 bits per heavy atom. The normalized spacial score (nSPS) is 11.7. The van der Waals surface area contributed by atoms with Gasteiger partial charge < -0.3 is 5.32 Å². The summed E-state index contributed by atoms with van der Waals surface area (Å²) in [5.41, 5.74) is -0.470. The first-order chi connectivity index (χ1) is 9.81. The van der Waals surface area contributed by atoms with E-state index in [1.807, 2.05) is 6.92 Å². The van der Waals surface area contributed by atoms with Crippen molar-refractivity contribution in [2.45, 2.75) is 26.2 Å². The zero-order valence-electron chi connectivity index (χ0n) is 11.5.